The highest BCUT2D eigenvalue weighted by molar-refractivity contribution is 6.27. The average molecular weight is 221 g/mol. The van der Waals surface area contributed by atoms with Crippen LogP contribution in [-0.4, -0.2) is 23.9 Å². The van der Waals surface area contributed by atoms with Gasteiger partial charge in [0.05, 0.1) is 0 Å². The van der Waals surface area contributed by atoms with Gasteiger partial charge < -0.3 is 11.1 Å². The predicted octanol–water partition coefficient (Wildman–Crippen LogP) is 1.35. The second-order valence-corrected chi connectivity index (χ2v) is 4.60. The number of carbonyl (C=O) groups excluding carboxylic acids is 1. The van der Waals surface area contributed by atoms with E-state index in [4.69, 9.17) is 17.3 Å². The molecule has 0 aliphatic heterocycles. The maximum atomic E-state index is 11.0. The lowest BCUT2D eigenvalue weighted by Crippen LogP contribution is -2.57. The van der Waals surface area contributed by atoms with Crippen molar-refractivity contribution in [2.45, 2.75) is 33.2 Å². The van der Waals surface area contributed by atoms with E-state index in [2.05, 4.69) is 33.0 Å². The van der Waals surface area contributed by atoms with Crippen molar-refractivity contribution in [1.29, 1.82) is 0 Å². The van der Waals surface area contributed by atoms with Gasteiger partial charge in [0.1, 0.15) is 5.88 Å². The van der Waals surface area contributed by atoms with Gasteiger partial charge in [-0.2, -0.15) is 0 Å². The van der Waals surface area contributed by atoms with Crippen molar-refractivity contribution in [2.75, 3.05) is 12.4 Å². The summed E-state index contributed by atoms with van der Waals surface area (Å²) in [6.45, 7) is 8.73. The van der Waals surface area contributed by atoms with E-state index in [0.717, 1.165) is 0 Å². The zero-order valence-corrected chi connectivity index (χ0v) is 10.2. The third-order valence-electron chi connectivity index (χ3n) is 2.86. The van der Waals surface area contributed by atoms with Crippen molar-refractivity contribution < 1.29 is 4.79 Å². The number of rotatable bonds is 5. The molecule has 0 saturated carbocycles. The summed E-state index contributed by atoms with van der Waals surface area (Å²) < 4.78 is 0. The first kappa shape index (κ1) is 13.7. The average Bonchev–Trinajstić information content (AvgIpc) is 2.12. The minimum absolute atomic E-state index is 0.00767. The molecule has 1 amide bonds. The lowest BCUT2D eigenvalue weighted by atomic mass is 9.78. The Morgan fingerprint density at radius 1 is 1.36 bits per heavy atom. The third kappa shape index (κ3) is 3.46. The largest absolute Gasteiger partial charge is 0.353 e. The molecule has 0 saturated heterocycles. The molecule has 0 aromatic carbocycles. The van der Waals surface area contributed by atoms with Crippen LogP contribution in [0.2, 0.25) is 0 Å². The first-order valence-electron chi connectivity index (χ1n) is 4.96. The van der Waals surface area contributed by atoms with Crippen LogP contribution < -0.4 is 11.1 Å². The number of hydrogen-bond acceptors (Lipinski definition) is 2. The van der Waals surface area contributed by atoms with Crippen LogP contribution in [0.4, 0.5) is 0 Å². The smallest absolute Gasteiger partial charge is 0.234 e. The van der Waals surface area contributed by atoms with Crippen LogP contribution in [0.1, 0.15) is 27.7 Å². The molecule has 3 N–H and O–H groups in total. The summed E-state index contributed by atoms with van der Waals surface area (Å²) >= 11 is 5.39. The Balaban J connectivity index is 4.32. The molecule has 0 atom stereocenters. The van der Waals surface area contributed by atoms with E-state index < -0.39 is 0 Å². The molecule has 0 spiro atoms. The van der Waals surface area contributed by atoms with Crippen LogP contribution >= 0.6 is 11.6 Å². The number of hydrogen-bond donors (Lipinski definition) is 2. The molecule has 0 unspecified atom stereocenters. The topological polar surface area (TPSA) is 55.1 Å². The number of nitrogens with two attached hydrogens (primary N) is 1. The molecule has 0 aromatic rings. The minimum atomic E-state index is -0.359. The second kappa shape index (κ2) is 5.56. The molecule has 0 heterocycles. The number of halogens is 1. The van der Waals surface area contributed by atoms with E-state index >= 15 is 0 Å². The lowest BCUT2D eigenvalue weighted by Gasteiger charge is -2.37. The maximum absolute atomic E-state index is 11.0. The summed E-state index contributed by atoms with van der Waals surface area (Å²) in [6, 6.07) is 0. The lowest BCUT2D eigenvalue weighted by molar-refractivity contribution is -0.119. The van der Waals surface area contributed by atoms with Crippen molar-refractivity contribution in [3.63, 3.8) is 0 Å². The van der Waals surface area contributed by atoms with Crippen molar-refractivity contribution >= 4 is 17.5 Å². The fourth-order valence-corrected chi connectivity index (χ4v) is 1.47. The van der Waals surface area contributed by atoms with Gasteiger partial charge in [-0.05, 0) is 11.8 Å². The monoisotopic (exact) mass is 220 g/mol. The second-order valence-electron chi connectivity index (χ2n) is 4.33. The molecule has 0 fully saturated rings. The molecular formula is C10H21ClN2O. The highest BCUT2D eigenvalue weighted by atomic mass is 35.5. The first-order valence-corrected chi connectivity index (χ1v) is 5.49. The quantitative estimate of drug-likeness (QED) is 0.688. The number of nitrogens with one attached hydrogen (secondary N) is 1. The fraction of sp³-hybridized carbons (Fsp3) is 0.900. The number of carbonyl (C=O) groups is 1. The zero-order chi connectivity index (χ0) is 11.4. The maximum Gasteiger partial charge on any atom is 0.234 e. The van der Waals surface area contributed by atoms with E-state index in [0.29, 0.717) is 18.4 Å². The van der Waals surface area contributed by atoms with Crippen LogP contribution in [0.25, 0.3) is 0 Å². The summed E-state index contributed by atoms with van der Waals surface area (Å²) in [7, 11) is 0. The highest BCUT2D eigenvalue weighted by Gasteiger charge is 2.32. The molecule has 0 aliphatic rings. The van der Waals surface area contributed by atoms with Gasteiger partial charge in [0.2, 0.25) is 5.91 Å². The van der Waals surface area contributed by atoms with Gasteiger partial charge in [-0.3, -0.25) is 4.79 Å². The SMILES string of the molecule is CC(C)C(N)(CNC(=O)CCl)C(C)C. The van der Waals surface area contributed by atoms with E-state index in [1.54, 1.807) is 0 Å². The van der Waals surface area contributed by atoms with Crippen molar-refractivity contribution in [3.05, 3.63) is 0 Å². The fourth-order valence-electron chi connectivity index (χ4n) is 1.37. The van der Waals surface area contributed by atoms with Gasteiger partial charge in [0.15, 0.2) is 0 Å². The van der Waals surface area contributed by atoms with Crippen molar-refractivity contribution in [3.8, 4) is 0 Å². The third-order valence-corrected chi connectivity index (χ3v) is 3.11. The summed E-state index contributed by atoms with van der Waals surface area (Å²) in [6.07, 6.45) is 0. The Morgan fingerprint density at radius 2 is 1.79 bits per heavy atom. The van der Waals surface area contributed by atoms with Crippen LogP contribution in [0, 0.1) is 11.8 Å². The van der Waals surface area contributed by atoms with Crippen LogP contribution in [-0.2, 0) is 4.79 Å². The Bertz CT molecular complexity index is 185. The number of alkyl halides is 1. The Labute approximate surface area is 91.4 Å². The summed E-state index contributed by atoms with van der Waals surface area (Å²) in [5.41, 5.74) is 5.87. The predicted molar refractivity (Wildman–Crippen MR) is 60.3 cm³/mol. The summed E-state index contributed by atoms with van der Waals surface area (Å²) in [5.74, 6) is 0.464. The molecule has 0 rings (SSSR count). The molecule has 84 valence electrons. The van der Waals surface area contributed by atoms with Crippen molar-refractivity contribution in [1.82, 2.24) is 5.32 Å². The molecule has 0 bridgehead atoms. The molecule has 0 radical (unpaired) electrons. The van der Waals surface area contributed by atoms with E-state index in [1.807, 2.05) is 0 Å². The van der Waals surface area contributed by atoms with Gasteiger partial charge >= 0.3 is 0 Å². The highest BCUT2D eigenvalue weighted by Crippen LogP contribution is 2.22. The Morgan fingerprint density at radius 3 is 2.07 bits per heavy atom. The van der Waals surface area contributed by atoms with E-state index in [9.17, 15) is 4.79 Å². The Hall–Kier alpha value is -0.280. The van der Waals surface area contributed by atoms with Crippen LogP contribution in [0.3, 0.4) is 0 Å². The van der Waals surface area contributed by atoms with Gasteiger partial charge in [-0.1, -0.05) is 27.7 Å². The normalized spacial score (nSPS) is 12.3. The zero-order valence-electron chi connectivity index (χ0n) is 9.43. The van der Waals surface area contributed by atoms with Crippen LogP contribution in [0.15, 0.2) is 0 Å². The summed E-state index contributed by atoms with van der Waals surface area (Å²) in [4.78, 5) is 11.0. The van der Waals surface area contributed by atoms with Gasteiger partial charge in [0.25, 0.3) is 0 Å². The molecule has 0 aromatic heterocycles. The standard InChI is InChI=1S/C10H21ClN2O/c1-7(2)10(12,8(3)4)6-13-9(14)5-11/h7-8H,5-6,12H2,1-4H3,(H,13,14). The van der Waals surface area contributed by atoms with Gasteiger partial charge in [-0.15, -0.1) is 11.6 Å². The molecule has 0 aliphatic carbocycles. The molecule has 14 heavy (non-hydrogen) atoms. The Kier molecular flexibility index (Phi) is 5.45. The minimum Gasteiger partial charge on any atom is -0.353 e. The van der Waals surface area contributed by atoms with E-state index in [1.165, 1.54) is 0 Å². The van der Waals surface area contributed by atoms with Crippen molar-refractivity contribution in [2.24, 2.45) is 17.6 Å². The van der Waals surface area contributed by atoms with E-state index in [-0.39, 0.29) is 17.3 Å². The summed E-state index contributed by atoms with van der Waals surface area (Å²) in [5, 5.41) is 2.74. The van der Waals surface area contributed by atoms with Gasteiger partial charge in [-0.25, -0.2) is 0 Å². The first-order chi connectivity index (χ1) is 6.34. The van der Waals surface area contributed by atoms with Gasteiger partial charge in [0, 0.05) is 12.1 Å². The molecular weight excluding hydrogens is 200 g/mol. The number of amides is 1. The molecule has 4 heteroatoms. The molecule has 3 nitrogen and oxygen atoms in total. The van der Waals surface area contributed by atoms with Crippen LogP contribution in [0.5, 0.6) is 0 Å².